The molecule has 1 atom stereocenters. The van der Waals surface area contributed by atoms with Gasteiger partial charge in [0.25, 0.3) is 0 Å². The topological polar surface area (TPSA) is 46.2 Å². The van der Waals surface area contributed by atoms with E-state index in [-0.39, 0.29) is 11.1 Å². The minimum absolute atomic E-state index is 0.233. The van der Waals surface area contributed by atoms with Gasteiger partial charge in [0.05, 0.1) is 5.75 Å². The molecule has 1 N–H and O–H groups in total. The van der Waals surface area contributed by atoms with Gasteiger partial charge in [-0.05, 0) is 39.5 Å². The maximum atomic E-state index is 12.0. The van der Waals surface area contributed by atoms with Crippen LogP contribution in [0.3, 0.4) is 0 Å². The molecule has 0 radical (unpaired) electrons. The van der Waals surface area contributed by atoms with Gasteiger partial charge in [0.1, 0.15) is 0 Å². The number of alkyl halides is 1. The lowest BCUT2D eigenvalue weighted by Crippen LogP contribution is -2.50. The van der Waals surface area contributed by atoms with Gasteiger partial charge in [0.15, 0.2) is 0 Å². The lowest BCUT2D eigenvalue weighted by molar-refractivity contribution is 0.378. The fourth-order valence-corrected chi connectivity index (χ4v) is 4.32. The van der Waals surface area contributed by atoms with E-state index in [1.165, 1.54) is 6.42 Å². The number of rotatable bonds is 5. The molecule has 0 heterocycles. The Hall–Kier alpha value is 0.200. The lowest BCUT2D eigenvalue weighted by atomic mass is 9.91. The maximum Gasteiger partial charge on any atom is 0.212 e. The molecule has 3 nitrogen and oxygen atoms in total. The molecule has 1 aliphatic rings. The summed E-state index contributed by atoms with van der Waals surface area (Å²) in [7, 11) is -3.22. The van der Waals surface area contributed by atoms with Crippen LogP contribution in [0.5, 0.6) is 0 Å². The minimum Gasteiger partial charge on any atom is -0.212 e. The lowest BCUT2D eigenvalue weighted by Gasteiger charge is -2.30. The van der Waals surface area contributed by atoms with Crippen LogP contribution in [0.25, 0.3) is 0 Å². The van der Waals surface area contributed by atoms with Crippen LogP contribution < -0.4 is 4.72 Å². The van der Waals surface area contributed by atoms with Crippen molar-refractivity contribution >= 4 is 21.6 Å². The van der Waals surface area contributed by atoms with Crippen molar-refractivity contribution in [3.8, 4) is 0 Å². The molecule has 0 amide bonds. The molecule has 1 aliphatic carbocycles. The van der Waals surface area contributed by atoms with E-state index >= 15 is 0 Å². The second-order valence-electron chi connectivity index (χ2n) is 5.73. The zero-order valence-corrected chi connectivity index (χ0v) is 12.6. The Balaban J connectivity index is 2.56. The Labute approximate surface area is 110 Å². The van der Waals surface area contributed by atoms with Crippen molar-refractivity contribution < 1.29 is 8.42 Å². The summed E-state index contributed by atoms with van der Waals surface area (Å²) in [5.41, 5.74) is -0.588. The summed E-state index contributed by atoms with van der Waals surface area (Å²) >= 11 is 5.99. The van der Waals surface area contributed by atoms with E-state index in [0.29, 0.717) is 5.92 Å². The first kappa shape index (κ1) is 15.3. The molecule has 0 aliphatic heterocycles. The summed E-state index contributed by atoms with van der Waals surface area (Å²) in [4.78, 5) is 0. The molecule has 0 aromatic carbocycles. The third-order valence-corrected chi connectivity index (χ3v) is 5.89. The molecule has 1 saturated carbocycles. The third-order valence-electron chi connectivity index (χ3n) is 3.59. The standard InChI is InChI=1S/C12H24ClNO2S/c1-10(13)12(2,3)14-17(15,16)9-11-7-5-4-6-8-11/h10-11,14H,4-9H2,1-3H3. The smallest absolute Gasteiger partial charge is 0.212 e. The van der Waals surface area contributed by atoms with E-state index in [2.05, 4.69) is 4.72 Å². The van der Waals surface area contributed by atoms with Crippen LogP contribution in [0.15, 0.2) is 0 Å². The Kier molecular flexibility index (Phi) is 5.29. The average Bonchev–Trinajstić information content (AvgIpc) is 2.16. The maximum absolute atomic E-state index is 12.0. The molecular formula is C12H24ClNO2S. The summed E-state index contributed by atoms with van der Waals surface area (Å²) < 4.78 is 26.8. The highest BCUT2D eigenvalue weighted by Gasteiger charge is 2.31. The second-order valence-corrected chi connectivity index (χ2v) is 8.15. The van der Waals surface area contributed by atoms with Crippen LogP contribution in [0.4, 0.5) is 0 Å². The molecular weight excluding hydrogens is 258 g/mol. The highest BCUT2D eigenvalue weighted by atomic mass is 35.5. The SMILES string of the molecule is CC(Cl)C(C)(C)NS(=O)(=O)CC1CCCCC1. The van der Waals surface area contributed by atoms with Crippen LogP contribution >= 0.6 is 11.6 Å². The van der Waals surface area contributed by atoms with Gasteiger partial charge in [-0.1, -0.05) is 19.3 Å². The van der Waals surface area contributed by atoms with Gasteiger partial charge < -0.3 is 0 Å². The molecule has 0 aromatic heterocycles. The molecule has 5 heteroatoms. The highest BCUT2D eigenvalue weighted by molar-refractivity contribution is 7.89. The largest absolute Gasteiger partial charge is 0.212 e. The first-order valence-electron chi connectivity index (χ1n) is 6.39. The van der Waals surface area contributed by atoms with Crippen LogP contribution in [-0.4, -0.2) is 25.1 Å². The van der Waals surface area contributed by atoms with Gasteiger partial charge >= 0.3 is 0 Å². The molecule has 1 fully saturated rings. The summed E-state index contributed by atoms with van der Waals surface area (Å²) in [6.07, 6.45) is 5.65. The van der Waals surface area contributed by atoms with Crippen LogP contribution in [0.2, 0.25) is 0 Å². The summed E-state index contributed by atoms with van der Waals surface area (Å²) in [6, 6.07) is 0. The Morgan fingerprint density at radius 3 is 2.29 bits per heavy atom. The van der Waals surface area contributed by atoms with Crippen molar-refractivity contribution in [1.82, 2.24) is 4.72 Å². The first-order chi connectivity index (χ1) is 7.73. The second kappa shape index (κ2) is 5.89. The van der Waals surface area contributed by atoms with E-state index in [0.717, 1.165) is 25.7 Å². The minimum atomic E-state index is -3.22. The fourth-order valence-electron chi connectivity index (χ4n) is 2.19. The average molecular weight is 282 g/mol. The molecule has 0 bridgehead atoms. The molecule has 102 valence electrons. The zero-order chi connectivity index (χ0) is 13.1. The normalized spacial score (nSPS) is 21.4. The predicted molar refractivity (Wildman–Crippen MR) is 72.9 cm³/mol. The van der Waals surface area contributed by atoms with E-state index in [4.69, 9.17) is 11.6 Å². The zero-order valence-electron chi connectivity index (χ0n) is 11.0. The van der Waals surface area contributed by atoms with Crippen LogP contribution in [0.1, 0.15) is 52.9 Å². The number of sulfonamides is 1. The van der Waals surface area contributed by atoms with Crippen molar-refractivity contribution in [2.24, 2.45) is 5.92 Å². The predicted octanol–water partition coefficient (Wildman–Crippen LogP) is 2.89. The van der Waals surface area contributed by atoms with E-state index in [1.807, 2.05) is 20.8 Å². The Bertz CT molecular complexity index is 332. The van der Waals surface area contributed by atoms with E-state index in [9.17, 15) is 8.42 Å². The summed E-state index contributed by atoms with van der Waals surface area (Å²) in [5, 5.41) is -0.233. The molecule has 0 aromatic rings. The fraction of sp³-hybridized carbons (Fsp3) is 1.00. The molecule has 1 rings (SSSR count). The van der Waals surface area contributed by atoms with Crippen LogP contribution in [0, 0.1) is 5.92 Å². The summed E-state index contributed by atoms with van der Waals surface area (Å²) in [5.74, 6) is 0.572. The van der Waals surface area contributed by atoms with Gasteiger partial charge in [-0.15, -0.1) is 11.6 Å². The third kappa shape index (κ3) is 5.14. The number of nitrogens with one attached hydrogen (secondary N) is 1. The monoisotopic (exact) mass is 281 g/mol. The Morgan fingerprint density at radius 1 is 1.29 bits per heavy atom. The molecule has 0 spiro atoms. The van der Waals surface area contributed by atoms with Crippen molar-refractivity contribution in [3.05, 3.63) is 0 Å². The highest BCUT2D eigenvalue weighted by Crippen LogP contribution is 2.25. The van der Waals surface area contributed by atoms with Crippen molar-refractivity contribution in [2.45, 2.75) is 63.8 Å². The number of halogens is 1. The molecule has 1 unspecified atom stereocenters. The number of hydrogen-bond acceptors (Lipinski definition) is 2. The number of hydrogen-bond donors (Lipinski definition) is 1. The van der Waals surface area contributed by atoms with Gasteiger partial charge in [0.2, 0.25) is 10.0 Å². The molecule has 17 heavy (non-hydrogen) atoms. The molecule has 0 saturated heterocycles. The van der Waals surface area contributed by atoms with E-state index < -0.39 is 15.6 Å². The van der Waals surface area contributed by atoms with Crippen molar-refractivity contribution in [3.63, 3.8) is 0 Å². The van der Waals surface area contributed by atoms with Crippen LogP contribution in [-0.2, 0) is 10.0 Å². The van der Waals surface area contributed by atoms with E-state index in [1.54, 1.807) is 0 Å². The van der Waals surface area contributed by atoms with Gasteiger partial charge in [-0.3, -0.25) is 0 Å². The quantitative estimate of drug-likeness (QED) is 0.788. The van der Waals surface area contributed by atoms with Crippen molar-refractivity contribution in [1.29, 1.82) is 0 Å². The van der Waals surface area contributed by atoms with Gasteiger partial charge in [-0.25, -0.2) is 13.1 Å². The summed E-state index contributed by atoms with van der Waals surface area (Å²) in [6.45, 7) is 5.46. The first-order valence-corrected chi connectivity index (χ1v) is 8.47. The van der Waals surface area contributed by atoms with Gasteiger partial charge in [-0.2, -0.15) is 0 Å². The van der Waals surface area contributed by atoms with Crippen molar-refractivity contribution in [2.75, 3.05) is 5.75 Å². The Morgan fingerprint density at radius 2 is 1.82 bits per heavy atom. The van der Waals surface area contributed by atoms with Gasteiger partial charge in [0, 0.05) is 10.9 Å².